The van der Waals surface area contributed by atoms with Gasteiger partial charge in [0.1, 0.15) is 12.1 Å². The summed E-state index contributed by atoms with van der Waals surface area (Å²) in [7, 11) is 3.27. The van der Waals surface area contributed by atoms with Crippen molar-refractivity contribution in [1.29, 1.82) is 0 Å². The van der Waals surface area contributed by atoms with Crippen molar-refractivity contribution >= 4 is 17.7 Å². The van der Waals surface area contributed by atoms with E-state index in [1.807, 2.05) is 16.8 Å². The van der Waals surface area contributed by atoms with Gasteiger partial charge in [-0.1, -0.05) is 0 Å². The van der Waals surface area contributed by atoms with Crippen LogP contribution < -0.4 is 4.90 Å². The lowest BCUT2D eigenvalue weighted by Crippen LogP contribution is -2.45. The average molecular weight is 292 g/mol. The van der Waals surface area contributed by atoms with Crippen molar-refractivity contribution in [3.05, 3.63) is 18.1 Å². The van der Waals surface area contributed by atoms with Crippen LogP contribution in [0.25, 0.3) is 0 Å². The summed E-state index contributed by atoms with van der Waals surface area (Å²) in [4.78, 5) is 34.8. The Hall–Kier alpha value is -2.18. The van der Waals surface area contributed by atoms with Gasteiger partial charge in [0, 0.05) is 39.2 Å². The van der Waals surface area contributed by atoms with E-state index in [1.54, 1.807) is 13.0 Å². The molecule has 0 N–H and O–H groups in total. The van der Waals surface area contributed by atoms with E-state index < -0.39 is 5.97 Å². The highest BCUT2D eigenvalue weighted by Gasteiger charge is 2.25. The number of hydrogen-bond acceptors (Lipinski definition) is 6. The third-order valence-corrected chi connectivity index (χ3v) is 3.87. The lowest BCUT2D eigenvalue weighted by molar-refractivity contribution is -0.129. The number of methoxy groups -OCH3 is 1. The Labute approximate surface area is 123 Å². The fraction of sp³-hybridized carbons (Fsp3) is 0.571. The maximum Gasteiger partial charge on any atom is 0.356 e. The molecule has 1 aliphatic rings. The largest absolute Gasteiger partial charge is 0.464 e. The van der Waals surface area contributed by atoms with Crippen molar-refractivity contribution in [2.24, 2.45) is 0 Å². The Bertz CT molecular complexity index is 527. The molecule has 1 aliphatic heterocycles. The predicted molar refractivity (Wildman–Crippen MR) is 77.1 cm³/mol. The van der Waals surface area contributed by atoms with Gasteiger partial charge in [0.25, 0.3) is 0 Å². The van der Waals surface area contributed by atoms with Gasteiger partial charge in [-0.05, 0) is 12.8 Å². The van der Waals surface area contributed by atoms with Gasteiger partial charge in [-0.25, -0.2) is 14.8 Å². The Kier molecular flexibility index (Phi) is 4.72. The summed E-state index contributed by atoms with van der Waals surface area (Å²) in [5.74, 6) is 0.330. The normalized spacial score (nSPS) is 15.7. The standard InChI is InChI=1S/C14H20N4O3/c1-10(19)18-6-4-11(5-7-18)17(2)13-8-12(14(20)21-3)15-9-16-13/h8-9,11H,4-7H2,1-3H3. The van der Waals surface area contributed by atoms with Gasteiger partial charge < -0.3 is 14.5 Å². The first-order valence-electron chi connectivity index (χ1n) is 6.91. The van der Waals surface area contributed by atoms with Crippen LogP contribution in [-0.4, -0.2) is 60.0 Å². The van der Waals surface area contributed by atoms with E-state index in [0.717, 1.165) is 25.9 Å². The molecule has 7 nitrogen and oxygen atoms in total. The van der Waals surface area contributed by atoms with E-state index in [9.17, 15) is 9.59 Å². The number of carbonyl (C=O) groups excluding carboxylic acids is 2. The molecule has 1 aromatic rings. The molecule has 0 unspecified atom stereocenters. The predicted octanol–water partition coefficient (Wildman–Crippen LogP) is 0.710. The monoisotopic (exact) mass is 292 g/mol. The Balaban J connectivity index is 2.05. The molecule has 0 atom stereocenters. The van der Waals surface area contributed by atoms with Crippen LogP contribution in [0, 0.1) is 0 Å². The molecular formula is C14H20N4O3. The van der Waals surface area contributed by atoms with Gasteiger partial charge in [0.15, 0.2) is 5.69 Å². The molecule has 0 bridgehead atoms. The number of ether oxygens (including phenoxy) is 1. The van der Waals surface area contributed by atoms with E-state index in [1.165, 1.54) is 13.4 Å². The SMILES string of the molecule is COC(=O)c1cc(N(C)C2CCN(C(C)=O)CC2)ncn1. The molecule has 1 fully saturated rings. The highest BCUT2D eigenvalue weighted by Crippen LogP contribution is 2.20. The number of aromatic nitrogens is 2. The summed E-state index contributed by atoms with van der Waals surface area (Å²) in [6.07, 6.45) is 3.13. The molecule has 1 aromatic heterocycles. The quantitative estimate of drug-likeness (QED) is 0.764. The van der Waals surface area contributed by atoms with Crippen molar-refractivity contribution in [1.82, 2.24) is 14.9 Å². The van der Waals surface area contributed by atoms with Crippen LogP contribution in [0.1, 0.15) is 30.3 Å². The van der Waals surface area contributed by atoms with Gasteiger partial charge in [-0.3, -0.25) is 4.79 Å². The number of esters is 1. The first-order chi connectivity index (χ1) is 10.0. The summed E-state index contributed by atoms with van der Waals surface area (Å²) in [6, 6.07) is 1.92. The molecule has 1 saturated heterocycles. The third kappa shape index (κ3) is 3.48. The lowest BCUT2D eigenvalue weighted by atomic mass is 10.0. The number of hydrogen-bond donors (Lipinski definition) is 0. The van der Waals surface area contributed by atoms with Crippen LogP contribution in [0.3, 0.4) is 0 Å². The molecule has 7 heteroatoms. The Morgan fingerprint density at radius 2 is 2.00 bits per heavy atom. The smallest absolute Gasteiger partial charge is 0.356 e. The maximum atomic E-state index is 11.5. The number of likely N-dealkylation sites (tertiary alicyclic amines) is 1. The Morgan fingerprint density at radius 3 is 2.57 bits per heavy atom. The molecule has 0 saturated carbocycles. The van der Waals surface area contributed by atoms with Crippen LogP contribution in [0.5, 0.6) is 0 Å². The average Bonchev–Trinajstić information content (AvgIpc) is 2.53. The lowest BCUT2D eigenvalue weighted by Gasteiger charge is -2.36. The zero-order valence-electron chi connectivity index (χ0n) is 12.6. The van der Waals surface area contributed by atoms with Crippen LogP contribution in [0.2, 0.25) is 0 Å². The van der Waals surface area contributed by atoms with E-state index in [0.29, 0.717) is 11.9 Å². The first kappa shape index (κ1) is 15.2. The van der Waals surface area contributed by atoms with Crippen molar-refractivity contribution in [2.75, 3.05) is 32.1 Å². The summed E-state index contributed by atoms with van der Waals surface area (Å²) >= 11 is 0. The molecule has 0 radical (unpaired) electrons. The third-order valence-electron chi connectivity index (χ3n) is 3.87. The molecule has 0 aromatic carbocycles. The van der Waals surface area contributed by atoms with Crippen molar-refractivity contribution in [3.63, 3.8) is 0 Å². The molecule has 21 heavy (non-hydrogen) atoms. The highest BCUT2D eigenvalue weighted by molar-refractivity contribution is 5.87. The minimum atomic E-state index is -0.474. The zero-order valence-corrected chi connectivity index (χ0v) is 12.6. The number of piperidine rings is 1. The van der Waals surface area contributed by atoms with Crippen LogP contribution in [0.15, 0.2) is 12.4 Å². The fourth-order valence-corrected chi connectivity index (χ4v) is 2.51. The Morgan fingerprint density at radius 1 is 1.33 bits per heavy atom. The van der Waals surface area contributed by atoms with Crippen molar-refractivity contribution < 1.29 is 14.3 Å². The number of rotatable bonds is 3. The number of nitrogens with zero attached hydrogens (tertiary/aromatic N) is 4. The van der Waals surface area contributed by atoms with Gasteiger partial charge in [0.05, 0.1) is 7.11 Å². The minimum Gasteiger partial charge on any atom is -0.464 e. The summed E-state index contributed by atoms with van der Waals surface area (Å²) in [5.41, 5.74) is 0.246. The molecule has 0 aliphatic carbocycles. The zero-order chi connectivity index (χ0) is 15.4. The second-order valence-corrected chi connectivity index (χ2v) is 5.10. The van der Waals surface area contributed by atoms with Gasteiger partial charge >= 0.3 is 5.97 Å². The van der Waals surface area contributed by atoms with Crippen LogP contribution in [-0.2, 0) is 9.53 Å². The van der Waals surface area contributed by atoms with E-state index in [-0.39, 0.29) is 11.6 Å². The minimum absolute atomic E-state index is 0.117. The molecule has 2 heterocycles. The van der Waals surface area contributed by atoms with Crippen molar-refractivity contribution in [2.45, 2.75) is 25.8 Å². The number of carbonyl (C=O) groups is 2. The van der Waals surface area contributed by atoms with Crippen LogP contribution >= 0.6 is 0 Å². The molecule has 2 rings (SSSR count). The molecule has 114 valence electrons. The summed E-state index contributed by atoms with van der Waals surface area (Å²) in [5, 5.41) is 0. The topological polar surface area (TPSA) is 75.6 Å². The highest BCUT2D eigenvalue weighted by atomic mass is 16.5. The van der Waals surface area contributed by atoms with Gasteiger partial charge in [0.2, 0.25) is 5.91 Å². The fourth-order valence-electron chi connectivity index (χ4n) is 2.51. The van der Waals surface area contributed by atoms with E-state index >= 15 is 0 Å². The van der Waals surface area contributed by atoms with Gasteiger partial charge in [-0.15, -0.1) is 0 Å². The van der Waals surface area contributed by atoms with Crippen LogP contribution in [0.4, 0.5) is 5.82 Å². The molecular weight excluding hydrogens is 272 g/mol. The summed E-state index contributed by atoms with van der Waals surface area (Å²) in [6.45, 7) is 3.09. The molecule has 1 amide bonds. The maximum absolute atomic E-state index is 11.5. The summed E-state index contributed by atoms with van der Waals surface area (Å²) < 4.78 is 4.67. The first-order valence-corrected chi connectivity index (χ1v) is 6.91. The molecule has 0 spiro atoms. The van der Waals surface area contributed by atoms with E-state index in [4.69, 9.17) is 0 Å². The number of amides is 1. The number of anilines is 1. The van der Waals surface area contributed by atoms with Crippen molar-refractivity contribution in [3.8, 4) is 0 Å². The second kappa shape index (κ2) is 6.51. The second-order valence-electron chi connectivity index (χ2n) is 5.10. The van der Waals surface area contributed by atoms with Gasteiger partial charge in [-0.2, -0.15) is 0 Å². The van der Waals surface area contributed by atoms with E-state index in [2.05, 4.69) is 14.7 Å².